The number of benzene rings is 2. The summed E-state index contributed by atoms with van der Waals surface area (Å²) in [4.78, 5) is 66.2. The Balaban J connectivity index is 1.73. The average molecular weight is 566 g/mol. The lowest BCUT2D eigenvalue weighted by Gasteiger charge is -2.28. The van der Waals surface area contributed by atoms with E-state index < -0.39 is 47.5 Å². The summed E-state index contributed by atoms with van der Waals surface area (Å²) < 4.78 is 0. The van der Waals surface area contributed by atoms with Gasteiger partial charge in [-0.25, -0.2) is 14.5 Å². The molecule has 11 heteroatoms. The van der Waals surface area contributed by atoms with Crippen LogP contribution in [-0.4, -0.2) is 62.4 Å². The van der Waals surface area contributed by atoms with Crippen molar-refractivity contribution in [1.82, 2.24) is 15.1 Å². The molecule has 41 heavy (non-hydrogen) atoms. The number of carboxylic acid groups (broad SMARTS) is 1. The fraction of sp³-hybridized carbons (Fsp3) is 0.433. The summed E-state index contributed by atoms with van der Waals surface area (Å²) in [7, 11) is 0. The molecule has 2 aromatic carbocycles. The van der Waals surface area contributed by atoms with Crippen molar-refractivity contribution in [3.8, 4) is 0 Å². The van der Waals surface area contributed by atoms with Crippen LogP contribution in [0.2, 0.25) is 0 Å². The lowest BCUT2D eigenvalue weighted by atomic mass is 9.99. The average Bonchev–Trinajstić information content (AvgIpc) is 3.03. The van der Waals surface area contributed by atoms with Gasteiger partial charge in [-0.3, -0.25) is 14.4 Å². The molecule has 0 spiro atoms. The summed E-state index contributed by atoms with van der Waals surface area (Å²) in [5.41, 5.74) is 1.69. The Morgan fingerprint density at radius 2 is 1.59 bits per heavy atom. The van der Waals surface area contributed by atoms with Gasteiger partial charge >= 0.3 is 18.0 Å². The summed E-state index contributed by atoms with van der Waals surface area (Å²) in [6.07, 6.45) is -0.0456. The van der Waals surface area contributed by atoms with Gasteiger partial charge in [0.2, 0.25) is 5.91 Å². The van der Waals surface area contributed by atoms with E-state index in [0.29, 0.717) is 11.4 Å². The van der Waals surface area contributed by atoms with Crippen LogP contribution in [0.3, 0.4) is 0 Å². The second-order valence-corrected chi connectivity index (χ2v) is 11.3. The molecular formula is C30H39N5O6. The minimum Gasteiger partial charge on any atom is -0.481 e. The normalized spacial score (nSPS) is 16.0. The molecule has 1 unspecified atom stereocenters. The maximum absolute atomic E-state index is 13.6. The number of hydrogen-bond acceptors (Lipinski definition) is 5. The predicted molar refractivity (Wildman–Crippen MR) is 155 cm³/mol. The number of imide groups is 1. The van der Waals surface area contributed by atoms with Gasteiger partial charge in [0.05, 0.1) is 6.42 Å². The first-order chi connectivity index (χ1) is 19.2. The molecule has 1 heterocycles. The Morgan fingerprint density at radius 3 is 2.17 bits per heavy atom. The standard InChI is InChI=1S/C30H39N5O6/c1-18(2)15-24(26(38)31-20(4)16-25(36)37)35-27(39)30(5,6)34(29(35)41)17-21-11-13-22(14-12-21)32-28(40)33-23-10-8-7-9-19(23)3/h7-14,18,20,24H,15-17H2,1-6H3,(H,31,38)(H,36,37)(H2,32,33,40)/t20-,24?/m1/s1. The summed E-state index contributed by atoms with van der Waals surface area (Å²) in [5.74, 6) is -2.14. The van der Waals surface area contributed by atoms with Gasteiger partial charge in [-0.05, 0) is 69.4 Å². The van der Waals surface area contributed by atoms with Gasteiger partial charge < -0.3 is 26.0 Å². The molecular weight excluding hydrogens is 526 g/mol. The number of carboxylic acids is 1. The zero-order valence-corrected chi connectivity index (χ0v) is 24.4. The summed E-state index contributed by atoms with van der Waals surface area (Å²) in [6, 6.07) is 11.6. The number of carbonyl (C=O) groups excluding carboxylic acids is 4. The molecule has 220 valence electrons. The number of urea groups is 2. The van der Waals surface area contributed by atoms with Crippen LogP contribution in [-0.2, 0) is 20.9 Å². The van der Waals surface area contributed by atoms with E-state index in [-0.39, 0.29) is 25.3 Å². The van der Waals surface area contributed by atoms with E-state index in [2.05, 4.69) is 16.0 Å². The summed E-state index contributed by atoms with van der Waals surface area (Å²) in [6.45, 7) is 10.6. The van der Waals surface area contributed by atoms with E-state index in [0.717, 1.165) is 16.0 Å². The SMILES string of the molecule is Cc1ccccc1NC(=O)Nc1ccc(CN2C(=O)N(C(CC(C)C)C(=O)N[C@H](C)CC(=O)O)C(=O)C2(C)C)cc1. The van der Waals surface area contributed by atoms with Gasteiger partial charge in [-0.15, -0.1) is 0 Å². The molecule has 0 radical (unpaired) electrons. The minimum absolute atomic E-state index is 0.0126. The number of rotatable bonds is 11. The van der Waals surface area contributed by atoms with E-state index in [1.165, 1.54) is 4.90 Å². The number of nitrogens with one attached hydrogen (secondary N) is 3. The first kappa shape index (κ1) is 31.1. The van der Waals surface area contributed by atoms with Crippen molar-refractivity contribution in [1.29, 1.82) is 0 Å². The second kappa shape index (κ2) is 12.8. The Labute approximate surface area is 240 Å². The first-order valence-electron chi connectivity index (χ1n) is 13.6. The van der Waals surface area contributed by atoms with Crippen molar-refractivity contribution in [2.24, 2.45) is 5.92 Å². The van der Waals surface area contributed by atoms with E-state index in [9.17, 15) is 24.0 Å². The number of anilines is 2. The number of para-hydroxylation sites is 1. The molecule has 1 saturated heterocycles. The fourth-order valence-corrected chi connectivity index (χ4v) is 4.71. The predicted octanol–water partition coefficient (Wildman–Crippen LogP) is 4.58. The van der Waals surface area contributed by atoms with Crippen molar-refractivity contribution in [2.45, 2.75) is 78.6 Å². The summed E-state index contributed by atoms with van der Waals surface area (Å²) >= 11 is 0. The minimum atomic E-state index is -1.22. The van der Waals surface area contributed by atoms with Crippen LogP contribution in [0.25, 0.3) is 0 Å². The Bertz CT molecular complexity index is 1310. The number of aryl methyl sites for hydroxylation is 1. The van der Waals surface area contributed by atoms with Crippen LogP contribution in [0.15, 0.2) is 48.5 Å². The Kier molecular flexibility index (Phi) is 9.75. The Hall–Kier alpha value is -4.41. The van der Waals surface area contributed by atoms with Gasteiger partial charge in [-0.2, -0.15) is 0 Å². The van der Waals surface area contributed by atoms with Crippen molar-refractivity contribution >= 4 is 41.2 Å². The van der Waals surface area contributed by atoms with E-state index in [4.69, 9.17) is 5.11 Å². The maximum Gasteiger partial charge on any atom is 0.328 e. The third kappa shape index (κ3) is 7.62. The smallest absolute Gasteiger partial charge is 0.328 e. The molecule has 2 atom stereocenters. The van der Waals surface area contributed by atoms with Gasteiger partial charge in [0.1, 0.15) is 11.6 Å². The zero-order valence-electron chi connectivity index (χ0n) is 24.4. The molecule has 3 rings (SSSR count). The molecule has 0 saturated carbocycles. The fourth-order valence-electron chi connectivity index (χ4n) is 4.71. The second-order valence-electron chi connectivity index (χ2n) is 11.3. The van der Waals surface area contributed by atoms with Crippen LogP contribution >= 0.6 is 0 Å². The molecule has 1 aliphatic rings. The van der Waals surface area contributed by atoms with Gasteiger partial charge in [-0.1, -0.05) is 44.2 Å². The van der Waals surface area contributed by atoms with E-state index in [1.807, 2.05) is 45.0 Å². The Morgan fingerprint density at radius 1 is 0.951 bits per heavy atom. The highest BCUT2D eigenvalue weighted by atomic mass is 16.4. The van der Waals surface area contributed by atoms with Crippen molar-refractivity contribution in [2.75, 3.05) is 10.6 Å². The highest BCUT2D eigenvalue weighted by molar-refractivity contribution is 6.09. The number of aliphatic carboxylic acids is 1. The van der Waals surface area contributed by atoms with Crippen molar-refractivity contribution in [3.63, 3.8) is 0 Å². The molecule has 1 aliphatic heterocycles. The van der Waals surface area contributed by atoms with Gasteiger partial charge in [0.25, 0.3) is 5.91 Å². The molecule has 4 N–H and O–H groups in total. The molecule has 1 fully saturated rings. The van der Waals surface area contributed by atoms with E-state index in [1.54, 1.807) is 45.0 Å². The monoisotopic (exact) mass is 565 g/mol. The molecule has 0 aliphatic carbocycles. The molecule has 2 aromatic rings. The first-order valence-corrected chi connectivity index (χ1v) is 13.6. The molecule has 11 nitrogen and oxygen atoms in total. The highest BCUT2D eigenvalue weighted by Crippen LogP contribution is 2.33. The maximum atomic E-state index is 13.6. The van der Waals surface area contributed by atoms with Gasteiger partial charge in [0, 0.05) is 24.0 Å². The van der Waals surface area contributed by atoms with Crippen LogP contribution in [0.5, 0.6) is 0 Å². The van der Waals surface area contributed by atoms with E-state index >= 15 is 0 Å². The summed E-state index contributed by atoms with van der Waals surface area (Å²) in [5, 5.41) is 17.3. The third-order valence-electron chi connectivity index (χ3n) is 6.98. The molecule has 6 amide bonds. The largest absolute Gasteiger partial charge is 0.481 e. The number of nitrogens with zero attached hydrogens (tertiary/aromatic N) is 2. The number of amides is 6. The lowest BCUT2D eigenvalue weighted by molar-refractivity contribution is -0.140. The molecule has 0 bridgehead atoms. The topological polar surface area (TPSA) is 148 Å². The van der Waals surface area contributed by atoms with Crippen LogP contribution in [0.4, 0.5) is 21.0 Å². The van der Waals surface area contributed by atoms with Crippen LogP contribution in [0.1, 0.15) is 58.6 Å². The number of carbonyl (C=O) groups is 5. The lowest BCUT2D eigenvalue weighted by Crippen LogP contribution is -2.53. The number of hydrogen-bond donors (Lipinski definition) is 4. The van der Waals surface area contributed by atoms with Crippen molar-refractivity contribution < 1.29 is 29.1 Å². The van der Waals surface area contributed by atoms with Crippen molar-refractivity contribution in [3.05, 3.63) is 59.7 Å². The third-order valence-corrected chi connectivity index (χ3v) is 6.98. The molecule has 0 aromatic heterocycles. The van der Waals surface area contributed by atoms with Crippen LogP contribution in [0, 0.1) is 12.8 Å². The highest BCUT2D eigenvalue weighted by Gasteiger charge is 2.54. The quantitative estimate of drug-likeness (QED) is 0.293. The zero-order chi connectivity index (χ0) is 30.5. The van der Waals surface area contributed by atoms with Gasteiger partial charge in [0.15, 0.2) is 0 Å². The van der Waals surface area contributed by atoms with Crippen LogP contribution < -0.4 is 16.0 Å².